The van der Waals surface area contributed by atoms with Crippen LogP contribution in [0, 0.1) is 13.8 Å². The van der Waals surface area contributed by atoms with Gasteiger partial charge in [0, 0.05) is 16.8 Å². The fourth-order valence-electron chi connectivity index (χ4n) is 2.15. The van der Waals surface area contributed by atoms with Crippen molar-refractivity contribution in [2.75, 3.05) is 6.54 Å². The van der Waals surface area contributed by atoms with Gasteiger partial charge in [-0.15, -0.1) is 11.3 Å². The molecule has 0 radical (unpaired) electrons. The van der Waals surface area contributed by atoms with Crippen molar-refractivity contribution in [3.05, 3.63) is 39.3 Å². The summed E-state index contributed by atoms with van der Waals surface area (Å²) >= 11 is 1.86. The fourth-order valence-corrected chi connectivity index (χ4v) is 3.11. The second-order valence-electron chi connectivity index (χ2n) is 4.67. The van der Waals surface area contributed by atoms with E-state index in [1.54, 1.807) is 0 Å². The van der Waals surface area contributed by atoms with E-state index in [1.807, 2.05) is 30.0 Å². The number of rotatable bonds is 5. The lowest BCUT2D eigenvalue weighted by molar-refractivity contribution is 0.559. The molecule has 18 heavy (non-hydrogen) atoms. The van der Waals surface area contributed by atoms with Crippen LogP contribution in [0.3, 0.4) is 0 Å². The van der Waals surface area contributed by atoms with Crippen LogP contribution in [0.15, 0.2) is 18.2 Å². The van der Waals surface area contributed by atoms with Crippen LogP contribution >= 0.6 is 11.3 Å². The standard InChI is InChI=1S/C14H21N3S/c1-5-8-15-14(13-7-6-11(3)18-13)12-9-10(2)16-17(12)4/h6-7,9,14-15H,5,8H2,1-4H3. The monoisotopic (exact) mass is 263 g/mol. The zero-order chi connectivity index (χ0) is 13.1. The zero-order valence-corrected chi connectivity index (χ0v) is 12.3. The molecule has 0 spiro atoms. The van der Waals surface area contributed by atoms with E-state index in [0.29, 0.717) is 0 Å². The third-order valence-electron chi connectivity index (χ3n) is 2.98. The third kappa shape index (κ3) is 2.82. The highest BCUT2D eigenvalue weighted by Gasteiger charge is 2.18. The summed E-state index contributed by atoms with van der Waals surface area (Å²) in [6.45, 7) is 7.41. The maximum atomic E-state index is 4.45. The number of hydrogen-bond acceptors (Lipinski definition) is 3. The van der Waals surface area contributed by atoms with Crippen molar-refractivity contribution in [3.63, 3.8) is 0 Å². The number of hydrogen-bond donors (Lipinski definition) is 1. The van der Waals surface area contributed by atoms with Crippen LogP contribution in [0.1, 0.15) is 40.5 Å². The van der Waals surface area contributed by atoms with Crippen molar-refractivity contribution in [2.45, 2.75) is 33.2 Å². The first-order valence-corrected chi connectivity index (χ1v) is 7.23. The van der Waals surface area contributed by atoms with Crippen LogP contribution in [0.5, 0.6) is 0 Å². The van der Waals surface area contributed by atoms with E-state index in [1.165, 1.54) is 15.4 Å². The van der Waals surface area contributed by atoms with Crippen molar-refractivity contribution in [1.82, 2.24) is 15.1 Å². The lowest BCUT2D eigenvalue weighted by Gasteiger charge is -2.17. The molecule has 0 aliphatic carbocycles. The minimum atomic E-state index is 0.259. The number of nitrogens with one attached hydrogen (secondary N) is 1. The number of thiophene rings is 1. The van der Waals surface area contributed by atoms with E-state index in [-0.39, 0.29) is 6.04 Å². The molecule has 1 unspecified atom stereocenters. The molecular formula is C14H21N3S. The Balaban J connectivity index is 2.33. The van der Waals surface area contributed by atoms with Crippen molar-refractivity contribution in [2.24, 2.45) is 7.05 Å². The highest BCUT2D eigenvalue weighted by Crippen LogP contribution is 2.28. The number of nitrogens with zero attached hydrogens (tertiary/aromatic N) is 2. The fraction of sp³-hybridized carbons (Fsp3) is 0.500. The Morgan fingerprint density at radius 1 is 1.39 bits per heavy atom. The summed E-state index contributed by atoms with van der Waals surface area (Å²) in [5.74, 6) is 0. The number of aryl methyl sites for hydroxylation is 3. The molecular weight excluding hydrogens is 242 g/mol. The molecule has 0 fully saturated rings. The van der Waals surface area contributed by atoms with Gasteiger partial charge in [0.15, 0.2) is 0 Å². The van der Waals surface area contributed by atoms with Gasteiger partial charge in [-0.05, 0) is 45.0 Å². The Kier molecular flexibility index (Phi) is 4.19. The Morgan fingerprint density at radius 2 is 2.17 bits per heavy atom. The number of aromatic nitrogens is 2. The van der Waals surface area contributed by atoms with Gasteiger partial charge in [-0.25, -0.2) is 0 Å². The van der Waals surface area contributed by atoms with Crippen LogP contribution < -0.4 is 5.32 Å². The van der Waals surface area contributed by atoms with E-state index in [4.69, 9.17) is 0 Å². The van der Waals surface area contributed by atoms with Gasteiger partial charge < -0.3 is 5.32 Å². The predicted molar refractivity (Wildman–Crippen MR) is 77.1 cm³/mol. The van der Waals surface area contributed by atoms with Crippen LogP contribution in [0.25, 0.3) is 0 Å². The summed E-state index contributed by atoms with van der Waals surface area (Å²) in [7, 11) is 2.02. The van der Waals surface area contributed by atoms with Crippen molar-refractivity contribution in [1.29, 1.82) is 0 Å². The molecule has 2 aromatic rings. The summed E-state index contributed by atoms with van der Waals surface area (Å²) in [5, 5.41) is 8.07. The van der Waals surface area contributed by atoms with Gasteiger partial charge in [-0.2, -0.15) is 5.10 Å². The molecule has 0 saturated heterocycles. The average molecular weight is 263 g/mol. The maximum Gasteiger partial charge on any atom is 0.0841 e. The topological polar surface area (TPSA) is 29.9 Å². The van der Waals surface area contributed by atoms with E-state index in [9.17, 15) is 0 Å². The van der Waals surface area contributed by atoms with E-state index >= 15 is 0 Å². The summed E-state index contributed by atoms with van der Waals surface area (Å²) in [6.07, 6.45) is 1.14. The van der Waals surface area contributed by atoms with Crippen LogP contribution in [0.4, 0.5) is 0 Å². The van der Waals surface area contributed by atoms with Crippen LogP contribution in [0.2, 0.25) is 0 Å². The first-order chi connectivity index (χ1) is 8.61. The van der Waals surface area contributed by atoms with Crippen LogP contribution in [-0.4, -0.2) is 16.3 Å². The third-order valence-corrected chi connectivity index (χ3v) is 4.04. The molecule has 0 aliphatic rings. The highest BCUT2D eigenvalue weighted by molar-refractivity contribution is 7.12. The molecule has 0 aliphatic heterocycles. The van der Waals surface area contributed by atoms with Gasteiger partial charge >= 0.3 is 0 Å². The summed E-state index contributed by atoms with van der Waals surface area (Å²) in [6, 6.07) is 6.83. The maximum absolute atomic E-state index is 4.45. The smallest absolute Gasteiger partial charge is 0.0841 e. The van der Waals surface area contributed by atoms with E-state index in [2.05, 4.69) is 42.5 Å². The van der Waals surface area contributed by atoms with Crippen molar-refractivity contribution in [3.8, 4) is 0 Å². The molecule has 2 heterocycles. The second kappa shape index (κ2) is 5.67. The molecule has 1 N–H and O–H groups in total. The second-order valence-corrected chi connectivity index (χ2v) is 5.99. The van der Waals surface area contributed by atoms with Gasteiger partial charge in [0.05, 0.1) is 17.4 Å². The van der Waals surface area contributed by atoms with E-state index < -0.39 is 0 Å². The van der Waals surface area contributed by atoms with Crippen molar-refractivity contribution < 1.29 is 0 Å². The van der Waals surface area contributed by atoms with Gasteiger partial charge in [0.2, 0.25) is 0 Å². The average Bonchev–Trinajstić information content (AvgIpc) is 2.87. The Hall–Kier alpha value is -1.13. The lowest BCUT2D eigenvalue weighted by atomic mass is 10.1. The summed E-state index contributed by atoms with van der Waals surface area (Å²) in [4.78, 5) is 2.72. The molecule has 3 nitrogen and oxygen atoms in total. The molecule has 4 heteroatoms. The summed E-state index contributed by atoms with van der Waals surface area (Å²) in [5.41, 5.74) is 2.31. The minimum absolute atomic E-state index is 0.259. The Bertz CT molecular complexity index is 513. The normalized spacial score (nSPS) is 12.9. The quantitative estimate of drug-likeness (QED) is 0.898. The minimum Gasteiger partial charge on any atom is -0.304 e. The molecule has 98 valence electrons. The first-order valence-electron chi connectivity index (χ1n) is 6.42. The molecule has 0 saturated carbocycles. The lowest BCUT2D eigenvalue weighted by Crippen LogP contribution is -2.24. The van der Waals surface area contributed by atoms with Gasteiger partial charge in [0.25, 0.3) is 0 Å². The predicted octanol–water partition coefficient (Wildman–Crippen LogP) is 3.19. The van der Waals surface area contributed by atoms with Crippen LogP contribution in [-0.2, 0) is 7.05 Å². The highest BCUT2D eigenvalue weighted by atomic mass is 32.1. The Morgan fingerprint density at radius 3 is 2.67 bits per heavy atom. The first kappa shape index (κ1) is 13.3. The van der Waals surface area contributed by atoms with Gasteiger partial charge in [-0.1, -0.05) is 6.92 Å². The molecule has 0 bridgehead atoms. The zero-order valence-electron chi connectivity index (χ0n) is 11.5. The Labute approximate surface area is 113 Å². The molecule has 0 aromatic carbocycles. The van der Waals surface area contributed by atoms with Crippen molar-refractivity contribution >= 4 is 11.3 Å². The van der Waals surface area contributed by atoms with Gasteiger partial charge in [0.1, 0.15) is 0 Å². The van der Waals surface area contributed by atoms with Gasteiger partial charge in [-0.3, -0.25) is 4.68 Å². The molecule has 2 aromatic heterocycles. The largest absolute Gasteiger partial charge is 0.304 e. The molecule has 0 amide bonds. The summed E-state index contributed by atoms with van der Waals surface area (Å²) < 4.78 is 1.98. The molecule has 1 atom stereocenters. The SMILES string of the molecule is CCCNC(c1ccc(C)s1)c1cc(C)nn1C. The van der Waals surface area contributed by atoms with E-state index in [0.717, 1.165) is 18.7 Å². The molecule has 2 rings (SSSR count).